The first-order valence-corrected chi connectivity index (χ1v) is 7.56. The van der Waals surface area contributed by atoms with Gasteiger partial charge in [0, 0.05) is 33.1 Å². The molecule has 1 heterocycles. The number of rotatable bonds is 5. The second kappa shape index (κ2) is 7.43. The highest BCUT2D eigenvalue weighted by Gasteiger charge is 2.22. The molecule has 1 aromatic carbocycles. The quantitative estimate of drug-likeness (QED) is 0.802. The fraction of sp³-hybridized carbons (Fsp3) is 0.200. The molecule has 0 saturated carbocycles. The molecule has 0 spiro atoms. The molecule has 0 bridgehead atoms. The summed E-state index contributed by atoms with van der Waals surface area (Å²) in [5.74, 6) is -0.354. The van der Waals surface area contributed by atoms with Gasteiger partial charge in [-0.3, -0.25) is 4.98 Å². The van der Waals surface area contributed by atoms with E-state index in [2.05, 4.69) is 26.2 Å². The first kappa shape index (κ1) is 15.8. The molecule has 0 saturated heterocycles. The van der Waals surface area contributed by atoms with Crippen LogP contribution in [0.1, 0.15) is 18.5 Å². The van der Waals surface area contributed by atoms with Crippen LogP contribution in [0.25, 0.3) is 0 Å². The SMILES string of the molecule is CCOC(=O)C(Nc1ccc(Cl)cc1)c1cncc(Br)c1. The van der Waals surface area contributed by atoms with E-state index in [9.17, 15) is 4.79 Å². The van der Waals surface area contributed by atoms with Crippen LogP contribution in [0.2, 0.25) is 5.02 Å². The van der Waals surface area contributed by atoms with Crippen LogP contribution in [0.4, 0.5) is 5.69 Å². The smallest absolute Gasteiger partial charge is 0.333 e. The van der Waals surface area contributed by atoms with Gasteiger partial charge in [-0.15, -0.1) is 0 Å². The normalized spacial score (nSPS) is 11.8. The minimum absolute atomic E-state index is 0.319. The van der Waals surface area contributed by atoms with Crippen molar-refractivity contribution in [3.05, 3.63) is 57.8 Å². The van der Waals surface area contributed by atoms with E-state index >= 15 is 0 Å². The number of benzene rings is 1. The molecule has 1 aromatic heterocycles. The van der Waals surface area contributed by atoms with Gasteiger partial charge in [-0.25, -0.2) is 4.79 Å². The summed E-state index contributed by atoms with van der Waals surface area (Å²) in [6.45, 7) is 2.09. The minimum Gasteiger partial charge on any atom is -0.464 e. The number of carbonyl (C=O) groups is 1. The summed E-state index contributed by atoms with van der Waals surface area (Å²) in [4.78, 5) is 16.3. The summed E-state index contributed by atoms with van der Waals surface area (Å²) in [6, 6.07) is 8.32. The number of anilines is 1. The van der Waals surface area contributed by atoms with E-state index in [4.69, 9.17) is 16.3 Å². The third-order valence-electron chi connectivity index (χ3n) is 2.74. The van der Waals surface area contributed by atoms with Crippen molar-refractivity contribution >= 4 is 39.2 Å². The topological polar surface area (TPSA) is 51.2 Å². The molecule has 0 aliphatic heterocycles. The molecule has 0 aliphatic rings. The number of hydrogen-bond acceptors (Lipinski definition) is 4. The van der Waals surface area contributed by atoms with Crippen molar-refractivity contribution in [2.75, 3.05) is 11.9 Å². The third kappa shape index (κ3) is 4.44. The number of ether oxygens (including phenoxy) is 1. The van der Waals surface area contributed by atoms with E-state index in [1.165, 1.54) is 0 Å². The fourth-order valence-electron chi connectivity index (χ4n) is 1.80. The lowest BCUT2D eigenvalue weighted by Crippen LogP contribution is -2.23. The maximum Gasteiger partial charge on any atom is 0.333 e. The Bertz CT molecular complexity index is 619. The van der Waals surface area contributed by atoms with Gasteiger partial charge in [0.1, 0.15) is 0 Å². The zero-order valence-corrected chi connectivity index (χ0v) is 13.7. The number of halogens is 2. The predicted octanol–water partition coefficient (Wildman–Crippen LogP) is 4.21. The van der Waals surface area contributed by atoms with Crippen LogP contribution in [0, 0.1) is 0 Å². The average Bonchev–Trinajstić information content (AvgIpc) is 2.47. The van der Waals surface area contributed by atoms with E-state index in [0.29, 0.717) is 11.6 Å². The molecular formula is C15H14BrClN2O2. The Balaban J connectivity index is 2.27. The molecular weight excluding hydrogens is 356 g/mol. The molecule has 110 valence electrons. The third-order valence-corrected chi connectivity index (χ3v) is 3.42. The van der Waals surface area contributed by atoms with Gasteiger partial charge in [-0.05, 0) is 53.2 Å². The summed E-state index contributed by atoms with van der Waals surface area (Å²) < 4.78 is 5.92. The summed E-state index contributed by atoms with van der Waals surface area (Å²) in [5, 5.41) is 3.78. The first-order chi connectivity index (χ1) is 10.1. The van der Waals surface area contributed by atoms with Crippen molar-refractivity contribution in [3.63, 3.8) is 0 Å². The molecule has 4 nitrogen and oxygen atoms in total. The van der Waals surface area contributed by atoms with Crippen molar-refractivity contribution < 1.29 is 9.53 Å². The van der Waals surface area contributed by atoms with Gasteiger partial charge in [0.25, 0.3) is 0 Å². The number of nitrogens with one attached hydrogen (secondary N) is 1. The molecule has 0 fully saturated rings. The first-order valence-electron chi connectivity index (χ1n) is 6.39. The van der Waals surface area contributed by atoms with E-state index < -0.39 is 6.04 Å². The van der Waals surface area contributed by atoms with E-state index in [1.807, 2.05) is 6.07 Å². The maximum atomic E-state index is 12.2. The number of esters is 1. The molecule has 6 heteroatoms. The Morgan fingerprint density at radius 1 is 1.38 bits per heavy atom. The monoisotopic (exact) mass is 368 g/mol. The molecule has 1 atom stereocenters. The fourth-order valence-corrected chi connectivity index (χ4v) is 2.31. The van der Waals surface area contributed by atoms with Gasteiger partial charge >= 0.3 is 5.97 Å². The molecule has 1 N–H and O–H groups in total. The lowest BCUT2D eigenvalue weighted by atomic mass is 10.1. The Morgan fingerprint density at radius 3 is 2.71 bits per heavy atom. The zero-order chi connectivity index (χ0) is 15.2. The number of aromatic nitrogens is 1. The van der Waals surface area contributed by atoms with Crippen LogP contribution in [0.15, 0.2) is 47.2 Å². The predicted molar refractivity (Wildman–Crippen MR) is 86.4 cm³/mol. The number of pyridine rings is 1. The van der Waals surface area contributed by atoms with Crippen LogP contribution in [0.3, 0.4) is 0 Å². The van der Waals surface area contributed by atoms with Gasteiger partial charge < -0.3 is 10.1 Å². The highest BCUT2D eigenvalue weighted by molar-refractivity contribution is 9.10. The van der Waals surface area contributed by atoms with E-state index in [-0.39, 0.29) is 5.97 Å². The van der Waals surface area contributed by atoms with Crippen LogP contribution in [0.5, 0.6) is 0 Å². The Morgan fingerprint density at radius 2 is 2.10 bits per heavy atom. The second-order valence-corrected chi connectivity index (χ2v) is 5.62. The molecule has 21 heavy (non-hydrogen) atoms. The highest BCUT2D eigenvalue weighted by Crippen LogP contribution is 2.24. The molecule has 0 aliphatic carbocycles. The average molecular weight is 370 g/mol. The zero-order valence-electron chi connectivity index (χ0n) is 11.3. The van der Waals surface area contributed by atoms with Crippen molar-refractivity contribution in [2.45, 2.75) is 13.0 Å². The number of nitrogens with zero attached hydrogens (tertiary/aromatic N) is 1. The maximum absolute atomic E-state index is 12.2. The largest absolute Gasteiger partial charge is 0.464 e. The van der Waals surface area contributed by atoms with Gasteiger partial charge in [-0.2, -0.15) is 0 Å². The summed E-state index contributed by atoms with van der Waals surface area (Å²) in [5.41, 5.74) is 1.50. The van der Waals surface area contributed by atoms with Crippen molar-refractivity contribution in [2.24, 2.45) is 0 Å². The van der Waals surface area contributed by atoms with Crippen molar-refractivity contribution in [1.29, 1.82) is 0 Å². The number of carbonyl (C=O) groups excluding carboxylic acids is 1. The molecule has 2 aromatic rings. The van der Waals surface area contributed by atoms with E-state index in [0.717, 1.165) is 15.7 Å². The molecule has 0 radical (unpaired) electrons. The summed E-state index contributed by atoms with van der Waals surface area (Å²) >= 11 is 9.22. The number of hydrogen-bond donors (Lipinski definition) is 1. The van der Waals surface area contributed by atoms with Crippen LogP contribution in [-0.2, 0) is 9.53 Å². The van der Waals surface area contributed by atoms with Crippen molar-refractivity contribution in [1.82, 2.24) is 4.98 Å². The molecule has 1 unspecified atom stereocenters. The molecule has 2 rings (SSSR count). The lowest BCUT2D eigenvalue weighted by molar-refractivity contribution is -0.144. The van der Waals surface area contributed by atoms with Crippen LogP contribution >= 0.6 is 27.5 Å². The minimum atomic E-state index is -0.629. The van der Waals surface area contributed by atoms with Crippen LogP contribution < -0.4 is 5.32 Å². The summed E-state index contributed by atoms with van der Waals surface area (Å²) in [7, 11) is 0. The van der Waals surface area contributed by atoms with Gasteiger partial charge in [0.15, 0.2) is 6.04 Å². The Hall–Kier alpha value is -1.59. The standard InChI is InChI=1S/C15H14BrClN2O2/c1-2-21-15(20)14(10-7-11(16)9-18-8-10)19-13-5-3-12(17)4-6-13/h3-9,14,19H,2H2,1H3. The second-order valence-electron chi connectivity index (χ2n) is 4.27. The molecule has 0 amide bonds. The van der Waals surface area contributed by atoms with Crippen molar-refractivity contribution in [3.8, 4) is 0 Å². The summed E-state index contributed by atoms with van der Waals surface area (Å²) in [6.07, 6.45) is 3.29. The van der Waals surface area contributed by atoms with E-state index in [1.54, 1.807) is 43.6 Å². The van der Waals surface area contributed by atoms with Gasteiger partial charge in [-0.1, -0.05) is 11.6 Å². The Labute approximate surface area is 136 Å². The lowest BCUT2D eigenvalue weighted by Gasteiger charge is -2.18. The Kier molecular flexibility index (Phi) is 5.59. The van der Waals surface area contributed by atoms with Gasteiger partial charge in [0.05, 0.1) is 6.61 Å². The van der Waals surface area contributed by atoms with Crippen LogP contribution in [-0.4, -0.2) is 17.6 Å². The highest BCUT2D eigenvalue weighted by atomic mass is 79.9. The van der Waals surface area contributed by atoms with Gasteiger partial charge in [0.2, 0.25) is 0 Å².